The van der Waals surface area contributed by atoms with Crippen molar-refractivity contribution in [2.24, 2.45) is 0 Å². The van der Waals surface area contributed by atoms with Crippen LogP contribution in [0.5, 0.6) is 5.75 Å². The maximum Gasteiger partial charge on any atom is 0.494 e. The fraction of sp³-hybridized carbons (Fsp3) is 0.304. The van der Waals surface area contributed by atoms with Gasteiger partial charge in [-0.3, -0.25) is 9.59 Å². The number of carbonyl (C=O) groups is 2. The first-order valence-electron chi connectivity index (χ1n) is 9.98. The average Bonchev–Trinajstić information content (AvgIpc) is 3.20. The van der Waals surface area contributed by atoms with Crippen molar-refractivity contribution < 1.29 is 23.6 Å². The first kappa shape index (κ1) is 21.6. The zero-order valence-electron chi connectivity index (χ0n) is 18.1. The van der Waals surface area contributed by atoms with E-state index in [0.29, 0.717) is 21.9 Å². The van der Waals surface area contributed by atoms with Crippen LogP contribution in [0.1, 0.15) is 47.7 Å². The van der Waals surface area contributed by atoms with E-state index < -0.39 is 18.3 Å². The van der Waals surface area contributed by atoms with Gasteiger partial charge in [-0.25, -0.2) is 0 Å². The van der Waals surface area contributed by atoms with Crippen molar-refractivity contribution >= 4 is 51.9 Å². The van der Waals surface area contributed by atoms with Crippen molar-refractivity contribution in [2.75, 3.05) is 12.4 Å². The van der Waals surface area contributed by atoms with E-state index in [1.807, 2.05) is 58.0 Å². The molecule has 8 heteroatoms. The fourth-order valence-electron chi connectivity index (χ4n) is 3.49. The van der Waals surface area contributed by atoms with E-state index in [0.717, 1.165) is 21.8 Å². The summed E-state index contributed by atoms with van der Waals surface area (Å²) >= 11 is 1.34. The smallest absolute Gasteiger partial charge is 0.494 e. The lowest BCUT2D eigenvalue weighted by Crippen LogP contribution is -2.41. The van der Waals surface area contributed by atoms with Crippen LogP contribution < -0.4 is 15.5 Å². The number of ether oxygens (including phenoxy) is 1. The molecule has 1 aliphatic rings. The summed E-state index contributed by atoms with van der Waals surface area (Å²) in [5.74, 6) is 0.0480. The number of aldehydes is 1. The molecule has 31 heavy (non-hydrogen) atoms. The van der Waals surface area contributed by atoms with Crippen LogP contribution in [-0.4, -0.2) is 37.6 Å². The molecule has 1 saturated heterocycles. The van der Waals surface area contributed by atoms with Crippen LogP contribution in [0.3, 0.4) is 0 Å². The number of anilines is 1. The van der Waals surface area contributed by atoms with Crippen molar-refractivity contribution in [3.05, 3.63) is 52.9 Å². The molecule has 2 aromatic carbocycles. The molecule has 1 aliphatic heterocycles. The van der Waals surface area contributed by atoms with Gasteiger partial charge in [0.1, 0.15) is 5.75 Å². The lowest BCUT2D eigenvalue weighted by atomic mass is 9.78. The third-order valence-corrected chi connectivity index (χ3v) is 7.06. The van der Waals surface area contributed by atoms with E-state index in [2.05, 4.69) is 5.32 Å². The van der Waals surface area contributed by atoms with E-state index >= 15 is 0 Å². The number of fused-ring (bicyclic) bond motifs is 1. The van der Waals surface area contributed by atoms with Crippen LogP contribution >= 0.6 is 11.3 Å². The minimum Gasteiger partial charge on any atom is -0.496 e. The Morgan fingerprint density at radius 2 is 1.77 bits per heavy atom. The third kappa shape index (κ3) is 3.75. The Kier molecular flexibility index (Phi) is 5.41. The lowest BCUT2D eigenvalue weighted by molar-refractivity contribution is 0.00578. The highest BCUT2D eigenvalue weighted by Crippen LogP contribution is 2.37. The summed E-state index contributed by atoms with van der Waals surface area (Å²) < 4.78 is 18.6. The van der Waals surface area contributed by atoms with Crippen LogP contribution in [-0.2, 0) is 9.31 Å². The molecule has 4 rings (SSSR count). The number of methoxy groups -OCH3 is 1. The summed E-state index contributed by atoms with van der Waals surface area (Å²) in [6.45, 7) is 7.92. The molecule has 6 nitrogen and oxygen atoms in total. The van der Waals surface area contributed by atoms with E-state index in [4.69, 9.17) is 14.0 Å². The molecule has 0 atom stereocenters. The SMILES string of the molecule is COc1ccc(B2OC(C)(C)C(C)(C)O2)cc1C(=O)Nc1c(C=O)sc2ccccc12. The number of thiophene rings is 1. The quantitative estimate of drug-likeness (QED) is 0.477. The van der Waals surface area contributed by atoms with Crippen LogP contribution in [0.15, 0.2) is 42.5 Å². The topological polar surface area (TPSA) is 73.9 Å². The van der Waals surface area contributed by atoms with Crippen LogP contribution in [0.2, 0.25) is 0 Å². The highest BCUT2D eigenvalue weighted by atomic mass is 32.1. The molecule has 160 valence electrons. The zero-order chi connectivity index (χ0) is 22.4. The van der Waals surface area contributed by atoms with Gasteiger partial charge in [-0.15, -0.1) is 11.3 Å². The molecular weight excluding hydrogens is 413 g/mol. The average molecular weight is 437 g/mol. The number of hydrogen-bond donors (Lipinski definition) is 1. The maximum absolute atomic E-state index is 13.2. The molecule has 1 aromatic heterocycles. The Hall–Kier alpha value is -2.68. The Labute approximate surface area is 185 Å². The Morgan fingerprint density at radius 1 is 1.10 bits per heavy atom. The van der Waals surface area contributed by atoms with Crippen LogP contribution in [0, 0.1) is 0 Å². The summed E-state index contributed by atoms with van der Waals surface area (Å²) in [7, 11) is 0.909. The molecule has 0 spiro atoms. The normalized spacial score (nSPS) is 17.0. The van der Waals surface area contributed by atoms with Crippen molar-refractivity contribution in [1.29, 1.82) is 0 Å². The first-order valence-corrected chi connectivity index (χ1v) is 10.8. The maximum atomic E-state index is 13.2. The van der Waals surface area contributed by atoms with Crippen LogP contribution in [0.4, 0.5) is 5.69 Å². The standard InChI is InChI=1S/C23H24BNO5S/c1-22(2)23(3,4)30-24(29-22)14-10-11-17(28-5)16(12-14)21(27)25-20-15-8-6-7-9-18(15)31-19(20)13-26/h6-13H,1-5H3,(H,25,27). The minimum atomic E-state index is -0.602. The van der Waals surface area contributed by atoms with Crippen LogP contribution in [0.25, 0.3) is 10.1 Å². The summed E-state index contributed by atoms with van der Waals surface area (Å²) in [4.78, 5) is 25.3. The van der Waals surface area contributed by atoms with Gasteiger partial charge >= 0.3 is 7.12 Å². The van der Waals surface area contributed by atoms with Gasteiger partial charge in [-0.05, 0) is 51.4 Å². The van der Waals surface area contributed by atoms with Crippen molar-refractivity contribution in [3.63, 3.8) is 0 Å². The van der Waals surface area contributed by atoms with E-state index in [1.165, 1.54) is 18.4 Å². The molecule has 0 unspecified atom stereocenters. The monoisotopic (exact) mass is 437 g/mol. The molecule has 0 bridgehead atoms. The van der Waals surface area contributed by atoms with Gasteiger partial charge in [0.05, 0.1) is 34.4 Å². The van der Waals surface area contributed by atoms with Gasteiger partial charge in [0.25, 0.3) is 5.91 Å². The van der Waals surface area contributed by atoms with Gasteiger partial charge in [0.2, 0.25) is 0 Å². The summed E-state index contributed by atoms with van der Waals surface area (Å²) in [5, 5.41) is 3.73. The molecule has 0 aliphatic carbocycles. The number of amides is 1. The second kappa shape index (κ2) is 7.78. The molecular formula is C23H24BNO5S. The van der Waals surface area contributed by atoms with Gasteiger partial charge in [-0.2, -0.15) is 0 Å². The molecule has 0 radical (unpaired) electrons. The molecule has 3 aromatic rings. The number of carbonyl (C=O) groups excluding carboxylic acids is 2. The molecule has 2 heterocycles. The Bertz CT molecular complexity index is 1150. The third-order valence-electron chi connectivity index (χ3n) is 5.96. The molecule has 1 N–H and O–H groups in total. The highest BCUT2D eigenvalue weighted by Gasteiger charge is 2.51. The van der Waals surface area contributed by atoms with Crippen molar-refractivity contribution in [1.82, 2.24) is 0 Å². The summed E-state index contributed by atoms with van der Waals surface area (Å²) in [6.07, 6.45) is 0.762. The van der Waals surface area contributed by atoms with Gasteiger partial charge in [-0.1, -0.05) is 24.3 Å². The predicted molar refractivity (Wildman–Crippen MR) is 124 cm³/mol. The predicted octanol–water partition coefficient (Wildman–Crippen LogP) is 4.27. The van der Waals surface area contributed by atoms with Gasteiger partial charge in [0, 0.05) is 10.1 Å². The Balaban J connectivity index is 1.69. The first-order chi connectivity index (χ1) is 14.7. The van der Waals surface area contributed by atoms with Gasteiger partial charge < -0.3 is 19.4 Å². The second-order valence-electron chi connectivity index (χ2n) is 8.46. The number of hydrogen-bond acceptors (Lipinski definition) is 6. The summed E-state index contributed by atoms with van der Waals surface area (Å²) in [6, 6.07) is 12.8. The lowest BCUT2D eigenvalue weighted by Gasteiger charge is -2.32. The fourth-order valence-corrected chi connectivity index (χ4v) is 4.46. The number of nitrogens with one attached hydrogen (secondary N) is 1. The van der Waals surface area contributed by atoms with E-state index in [9.17, 15) is 9.59 Å². The summed E-state index contributed by atoms with van der Waals surface area (Å²) in [5.41, 5.74) is 0.573. The van der Waals surface area contributed by atoms with E-state index in [1.54, 1.807) is 12.1 Å². The molecule has 0 saturated carbocycles. The zero-order valence-corrected chi connectivity index (χ0v) is 19.0. The molecule has 1 fully saturated rings. The second-order valence-corrected chi connectivity index (χ2v) is 9.54. The van der Waals surface area contributed by atoms with Crippen molar-refractivity contribution in [2.45, 2.75) is 38.9 Å². The Morgan fingerprint density at radius 3 is 2.42 bits per heavy atom. The molecule has 1 amide bonds. The van der Waals surface area contributed by atoms with Crippen molar-refractivity contribution in [3.8, 4) is 5.75 Å². The highest BCUT2D eigenvalue weighted by molar-refractivity contribution is 7.21. The minimum absolute atomic E-state index is 0.335. The van der Waals surface area contributed by atoms with E-state index in [-0.39, 0.29) is 5.91 Å². The number of rotatable bonds is 5. The number of benzene rings is 2. The largest absolute Gasteiger partial charge is 0.496 e. The van der Waals surface area contributed by atoms with Gasteiger partial charge in [0.15, 0.2) is 6.29 Å².